The van der Waals surface area contributed by atoms with Crippen LogP contribution in [0.15, 0.2) is 72.8 Å². The Labute approximate surface area is 158 Å². The molecule has 3 nitrogen and oxygen atoms in total. The third kappa shape index (κ3) is 4.24. The van der Waals surface area contributed by atoms with Crippen molar-refractivity contribution < 1.29 is 9.53 Å². The molecule has 1 N–H and O–H groups in total. The molecule has 0 unspecified atom stereocenters. The average molecular weight is 366 g/mol. The van der Waals surface area contributed by atoms with E-state index in [2.05, 4.69) is 17.4 Å². The van der Waals surface area contributed by atoms with Crippen molar-refractivity contribution in [3.05, 3.63) is 83.4 Å². The minimum absolute atomic E-state index is 0.220. The monoisotopic (exact) mass is 365 g/mol. The first-order valence-electron chi connectivity index (χ1n) is 8.43. The second-order valence-corrected chi connectivity index (χ2v) is 6.46. The zero-order chi connectivity index (χ0) is 18.5. The maximum Gasteiger partial charge on any atom is 0.265 e. The van der Waals surface area contributed by atoms with Gasteiger partial charge in [0.25, 0.3) is 5.91 Å². The first-order chi connectivity index (χ1) is 12.5. The molecule has 4 heteroatoms. The lowest BCUT2D eigenvalue weighted by Gasteiger charge is -2.16. The van der Waals surface area contributed by atoms with Crippen LogP contribution < -0.4 is 10.1 Å². The Balaban J connectivity index is 1.65. The van der Waals surface area contributed by atoms with Gasteiger partial charge in [0.2, 0.25) is 0 Å². The lowest BCUT2D eigenvalue weighted by Crippen LogP contribution is -2.30. The lowest BCUT2D eigenvalue weighted by atomic mass is 10.1. The molecule has 0 fully saturated rings. The zero-order valence-corrected chi connectivity index (χ0v) is 15.5. The Morgan fingerprint density at radius 2 is 1.58 bits per heavy atom. The molecule has 0 spiro atoms. The highest BCUT2D eigenvalue weighted by molar-refractivity contribution is 6.31. The molecule has 0 radical (unpaired) electrons. The number of halogens is 1. The minimum atomic E-state index is -0.629. The van der Waals surface area contributed by atoms with Gasteiger partial charge in [0.15, 0.2) is 6.10 Å². The van der Waals surface area contributed by atoms with Crippen molar-refractivity contribution in [2.24, 2.45) is 0 Å². The van der Waals surface area contributed by atoms with E-state index in [0.717, 1.165) is 16.7 Å². The molecule has 1 atom stereocenters. The Hall–Kier alpha value is -2.78. The number of hydrogen-bond acceptors (Lipinski definition) is 2. The summed E-state index contributed by atoms with van der Waals surface area (Å²) in [5.41, 5.74) is 3.77. The van der Waals surface area contributed by atoms with Crippen molar-refractivity contribution in [3.8, 4) is 16.9 Å². The van der Waals surface area contributed by atoms with Crippen LogP contribution in [0, 0.1) is 6.92 Å². The van der Waals surface area contributed by atoms with Crippen LogP contribution in [-0.2, 0) is 4.79 Å². The molecule has 3 aromatic rings. The molecule has 0 saturated carbocycles. The van der Waals surface area contributed by atoms with Crippen LogP contribution >= 0.6 is 11.6 Å². The maximum absolute atomic E-state index is 12.4. The highest BCUT2D eigenvalue weighted by Gasteiger charge is 2.16. The van der Waals surface area contributed by atoms with Gasteiger partial charge in [-0.15, -0.1) is 0 Å². The van der Waals surface area contributed by atoms with Gasteiger partial charge in [-0.3, -0.25) is 4.79 Å². The summed E-state index contributed by atoms with van der Waals surface area (Å²) in [5.74, 6) is 0.428. The number of benzene rings is 3. The quantitative estimate of drug-likeness (QED) is 0.627. The molecule has 132 valence electrons. The molecule has 0 bridgehead atoms. The lowest BCUT2D eigenvalue weighted by molar-refractivity contribution is -0.122. The fraction of sp³-hybridized carbons (Fsp3) is 0.136. The minimum Gasteiger partial charge on any atom is -0.481 e. The summed E-state index contributed by atoms with van der Waals surface area (Å²) in [7, 11) is 0. The molecule has 0 saturated heterocycles. The Morgan fingerprint density at radius 3 is 2.27 bits per heavy atom. The first-order valence-corrected chi connectivity index (χ1v) is 8.80. The van der Waals surface area contributed by atoms with Gasteiger partial charge in [0.05, 0.1) is 0 Å². The predicted octanol–water partition coefficient (Wildman–Crippen LogP) is 5.72. The summed E-state index contributed by atoms with van der Waals surface area (Å²) in [5, 5.41) is 3.48. The number of ether oxygens (including phenoxy) is 1. The van der Waals surface area contributed by atoms with Crippen LogP contribution in [0.2, 0.25) is 5.02 Å². The van der Waals surface area contributed by atoms with E-state index in [1.165, 1.54) is 0 Å². The number of amides is 1. The van der Waals surface area contributed by atoms with Gasteiger partial charge in [-0.05, 0) is 54.8 Å². The van der Waals surface area contributed by atoms with E-state index in [-0.39, 0.29) is 5.91 Å². The molecule has 0 aromatic heterocycles. The van der Waals surface area contributed by atoms with E-state index in [9.17, 15) is 4.79 Å². The number of nitrogens with one attached hydrogen (secondary N) is 1. The normalized spacial score (nSPS) is 11.7. The smallest absolute Gasteiger partial charge is 0.265 e. The van der Waals surface area contributed by atoms with Gasteiger partial charge in [-0.2, -0.15) is 0 Å². The third-order valence-electron chi connectivity index (χ3n) is 4.17. The summed E-state index contributed by atoms with van der Waals surface area (Å²) in [6, 6.07) is 23.2. The Kier molecular flexibility index (Phi) is 5.59. The van der Waals surface area contributed by atoms with Crippen LogP contribution in [0.25, 0.3) is 11.1 Å². The summed E-state index contributed by atoms with van der Waals surface area (Å²) in [4.78, 5) is 12.4. The van der Waals surface area contributed by atoms with Crippen LogP contribution in [0.5, 0.6) is 5.75 Å². The van der Waals surface area contributed by atoms with Gasteiger partial charge in [0.1, 0.15) is 5.75 Å². The maximum atomic E-state index is 12.4. The molecule has 0 aliphatic carbocycles. The van der Waals surface area contributed by atoms with E-state index in [4.69, 9.17) is 16.3 Å². The largest absolute Gasteiger partial charge is 0.481 e. The summed E-state index contributed by atoms with van der Waals surface area (Å²) in [6.07, 6.45) is -0.629. The highest BCUT2D eigenvalue weighted by Crippen LogP contribution is 2.24. The van der Waals surface area contributed by atoms with Gasteiger partial charge in [0, 0.05) is 10.7 Å². The molecular formula is C22H20ClNO2. The van der Waals surface area contributed by atoms with Crippen molar-refractivity contribution in [2.45, 2.75) is 20.0 Å². The van der Waals surface area contributed by atoms with Crippen LogP contribution in [0.4, 0.5) is 5.69 Å². The zero-order valence-electron chi connectivity index (χ0n) is 14.7. The SMILES string of the molecule is Cc1c(Cl)cccc1NC(=O)[C@H](C)Oc1ccc(-c2ccccc2)cc1. The first kappa shape index (κ1) is 18.0. The van der Waals surface area contributed by atoms with E-state index in [1.807, 2.05) is 55.5 Å². The van der Waals surface area contributed by atoms with Crippen LogP contribution in [0.3, 0.4) is 0 Å². The number of anilines is 1. The van der Waals surface area contributed by atoms with Gasteiger partial charge in [-0.25, -0.2) is 0 Å². The van der Waals surface area contributed by atoms with E-state index in [0.29, 0.717) is 16.5 Å². The Morgan fingerprint density at radius 1 is 0.923 bits per heavy atom. The van der Waals surface area contributed by atoms with Crippen LogP contribution in [0.1, 0.15) is 12.5 Å². The molecule has 1 amide bonds. The average Bonchev–Trinajstić information content (AvgIpc) is 2.66. The molecular weight excluding hydrogens is 346 g/mol. The number of rotatable bonds is 5. The Bertz CT molecular complexity index is 892. The van der Waals surface area contributed by atoms with Crippen molar-refractivity contribution in [2.75, 3.05) is 5.32 Å². The third-order valence-corrected chi connectivity index (χ3v) is 4.58. The van der Waals surface area contributed by atoms with Crippen molar-refractivity contribution in [1.29, 1.82) is 0 Å². The molecule has 0 heterocycles. The molecule has 3 rings (SSSR count). The fourth-order valence-corrected chi connectivity index (χ4v) is 2.77. The fourth-order valence-electron chi connectivity index (χ4n) is 2.59. The molecule has 0 aliphatic heterocycles. The standard InChI is InChI=1S/C22H20ClNO2/c1-15-20(23)9-6-10-21(15)24-22(25)16(2)26-19-13-11-18(12-14-19)17-7-4-3-5-8-17/h3-14,16H,1-2H3,(H,24,25)/t16-/m0/s1. The topological polar surface area (TPSA) is 38.3 Å². The van der Waals surface area contributed by atoms with Gasteiger partial charge >= 0.3 is 0 Å². The second kappa shape index (κ2) is 8.07. The van der Waals surface area contributed by atoms with E-state index < -0.39 is 6.10 Å². The van der Waals surface area contributed by atoms with E-state index >= 15 is 0 Å². The van der Waals surface area contributed by atoms with Gasteiger partial charge in [-0.1, -0.05) is 60.1 Å². The number of carbonyl (C=O) groups is 1. The summed E-state index contributed by atoms with van der Waals surface area (Å²) in [6.45, 7) is 3.59. The van der Waals surface area contributed by atoms with Crippen molar-refractivity contribution >= 4 is 23.2 Å². The summed E-state index contributed by atoms with van der Waals surface area (Å²) < 4.78 is 5.76. The molecule has 3 aromatic carbocycles. The summed E-state index contributed by atoms with van der Waals surface area (Å²) >= 11 is 6.09. The van der Waals surface area contributed by atoms with Crippen LogP contribution in [-0.4, -0.2) is 12.0 Å². The number of hydrogen-bond donors (Lipinski definition) is 1. The number of carbonyl (C=O) groups excluding carboxylic acids is 1. The van der Waals surface area contributed by atoms with Crippen molar-refractivity contribution in [3.63, 3.8) is 0 Å². The second-order valence-electron chi connectivity index (χ2n) is 6.05. The van der Waals surface area contributed by atoms with Gasteiger partial charge < -0.3 is 10.1 Å². The predicted molar refractivity (Wildman–Crippen MR) is 107 cm³/mol. The molecule has 0 aliphatic rings. The van der Waals surface area contributed by atoms with Crippen molar-refractivity contribution in [1.82, 2.24) is 0 Å². The highest BCUT2D eigenvalue weighted by atomic mass is 35.5. The van der Waals surface area contributed by atoms with E-state index in [1.54, 1.807) is 19.1 Å². The molecule has 26 heavy (non-hydrogen) atoms.